The molecule has 0 saturated carbocycles. The van der Waals surface area contributed by atoms with E-state index in [1.165, 1.54) is 18.2 Å². The lowest BCUT2D eigenvalue weighted by molar-refractivity contribution is 0.100. The maximum absolute atomic E-state index is 13.3. The summed E-state index contributed by atoms with van der Waals surface area (Å²) in [7, 11) is 0. The van der Waals surface area contributed by atoms with Crippen molar-refractivity contribution in [1.82, 2.24) is 0 Å². The SMILES string of the molecule is Cc1cc(C(O)C(C)(C)c2ccc(F)cc2)ccc1F. The first-order chi connectivity index (χ1) is 9.32. The van der Waals surface area contributed by atoms with Crippen molar-refractivity contribution >= 4 is 0 Å². The van der Waals surface area contributed by atoms with Crippen molar-refractivity contribution in [2.75, 3.05) is 0 Å². The smallest absolute Gasteiger partial charge is 0.126 e. The third kappa shape index (κ3) is 2.73. The summed E-state index contributed by atoms with van der Waals surface area (Å²) < 4.78 is 26.3. The molecule has 2 aromatic carbocycles. The van der Waals surface area contributed by atoms with Crippen LogP contribution in [0.15, 0.2) is 42.5 Å². The van der Waals surface area contributed by atoms with E-state index in [1.54, 1.807) is 31.2 Å². The van der Waals surface area contributed by atoms with Crippen LogP contribution in [0.2, 0.25) is 0 Å². The molecule has 0 fully saturated rings. The summed E-state index contributed by atoms with van der Waals surface area (Å²) in [6.45, 7) is 5.42. The van der Waals surface area contributed by atoms with Gasteiger partial charge in [-0.25, -0.2) is 8.78 Å². The Balaban J connectivity index is 2.37. The van der Waals surface area contributed by atoms with Crippen molar-refractivity contribution in [2.45, 2.75) is 32.3 Å². The number of halogens is 2. The molecule has 2 rings (SSSR count). The number of aryl methyl sites for hydroxylation is 1. The second-order valence-corrected chi connectivity index (χ2v) is 5.64. The quantitative estimate of drug-likeness (QED) is 0.887. The number of aliphatic hydroxyl groups is 1. The fourth-order valence-electron chi connectivity index (χ4n) is 2.29. The van der Waals surface area contributed by atoms with Gasteiger partial charge in [-0.05, 0) is 41.8 Å². The van der Waals surface area contributed by atoms with Crippen LogP contribution in [0.1, 0.15) is 36.6 Å². The van der Waals surface area contributed by atoms with E-state index in [0.29, 0.717) is 11.1 Å². The van der Waals surface area contributed by atoms with Crippen molar-refractivity contribution in [3.8, 4) is 0 Å². The first kappa shape index (κ1) is 14.7. The molecule has 1 N–H and O–H groups in total. The van der Waals surface area contributed by atoms with Gasteiger partial charge in [-0.2, -0.15) is 0 Å². The van der Waals surface area contributed by atoms with Gasteiger partial charge in [0, 0.05) is 5.41 Å². The zero-order chi connectivity index (χ0) is 14.9. The maximum Gasteiger partial charge on any atom is 0.126 e. The third-order valence-corrected chi connectivity index (χ3v) is 3.77. The summed E-state index contributed by atoms with van der Waals surface area (Å²) in [6, 6.07) is 10.7. The summed E-state index contributed by atoms with van der Waals surface area (Å²) >= 11 is 0. The molecular weight excluding hydrogens is 258 g/mol. The van der Waals surface area contributed by atoms with Gasteiger partial charge < -0.3 is 5.11 Å². The van der Waals surface area contributed by atoms with Crippen LogP contribution in [-0.4, -0.2) is 5.11 Å². The van der Waals surface area contributed by atoms with Crippen LogP contribution in [0, 0.1) is 18.6 Å². The Labute approximate surface area is 117 Å². The summed E-state index contributed by atoms with van der Waals surface area (Å²) in [6.07, 6.45) is -0.799. The van der Waals surface area contributed by atoms with Gasteiger partial charge in [-0.15, -0.1) is 0 Å². The van der Waals surface area contributed by atoms with Gasteiger partial charge in [0.15, 0.2) is 0 Å². The molecule has 0 aliphatic heterocycles. The average molecular weight is 276 g/mol. The molecule has 0 aromatic heterocycles. The Morgan fingerprint density at radius 1 is 1.00 bits per heavy atom. The lowest BCUT2D eigenvalue weighted by atomic mass is 9.76. The van der Waals surface area contributed by atoms with Crippen molar-refractivity contribution in [2.24, 2.45) is 0 Å². The maximum atomic E-state index is 13.3. The van der Waals surface area contributed by atoms with Crippen LogP contribution in [0.25, 0.3) is 0 Å². The first-order valence-corrected chi connectivity index (χ1v) is 6.52. The van der Waals surface area contributed by atoms with Gasteiger partial charge >= 0.3 is 0 Å². The van der Waals surface area contributed by atoms with Crippen LogP contribution in [0.4, 0.5) is 8.78 Å². The zero-order valence-corrected chi connectivity index (χ0v) is 11.8. The Morgan fingerprint density at radius 2 is 1.60 bits per heavy atom. The zero-order valence-electron chi connectivity index (χ0n) is 11.8. The fourth-order valence-corrected chi connectivity index (χ4v) is 2.29. The molecule has 20 heavy (non-hydrogen) atoms. The molecule has 0 amide bonds. The lowest BCUT2D eigenvalue weighted by Crippen LogP contribution is -2.27. The van der Waals surface area contributed by atoms with Gasteiger partial charge in [0.2, 0.25) is 0 Å². The predicted octanol–water partition coefficient (Wildman–Crippen LogP) is 4.28. The molecule has 1 nitrogen and oxygen atoms in total. The average Bonchev–Trinajstić information content (AvgIpc) is 2.41. The Morgan fingerprint density at radius 3 is 2.15 bits per heavy atom. The van der Waals surface area contributed by atoms with Gasteiger partial charge in [0.25, 0.3) is 0 Å². The highest BCUT2D eigenvalue weighted by atomic mass is 19.1. The van der Waals surface area contributed by atoms with E-state index in [2.05, 4.69) is 0 Å². The fraction of sp³-hybridized carbons (Fsp3) is 0.294. The molecule has 0 aliphatic rings. The lowest BCUT2D eigenvalue weighted by Gasteiger charge is -2.31. The molecule has 0 heterocycles. The van der Waals surface area contributed by atoms with Crippen molar-refractivity contribution in [1.29, 1.82) is 0 Å². The third-order valence-electron chi connectivity index (χ3n) is 3.77. The normalized spacial score (nSPS) is 13.3. The Bertz CT molecular complexity index is 603. The highest BCUT2D eigenvalue weighted by molar-refractivity contribution is 5.33. The summed E-state index contributed by atoms with van der Waals surface area (Å²) in [5, 5.41) is 10.6. The minimum absolute atomic E-state index is 0.291. The van der Waals surface area contributed by atoms with Gasteiger partial charge in [0.1, 0.15) is 11.6 Å². The molecule has 0 bridgehead atoms. The minimum atomic E-state index is -0.799. The van der Waals surface area contributed by atoms with E-state index in [0.717, 1.165) is 5.56 Å². The van der Waals surface area contributed by atoms with Crippen LogP contribution in [0.3, 0.4) is 0 Å². The van der Waals surface area contributed by atoms with Crippen LogP contribution in [0.5, 0.6) is 0 Å². The Hall–Kier alpha value is -1.74. The van der Waals surface area contributed by atoms with Gasteiger partial charge in [0.05, 0.1) is 6.10 Å². The second-order valence-electron chi connectivity index (χ2n) is 5.64. The first-order valence-electron chi connectivity index (χ1n) is 6.52. The summed E-state index contributed by atoms with van der Waals surface area (Å²) in [5.41, 5.74) is 1.38. The van der Waals surface area contributed by atoms with Crippen molar-refractivity contribution in [3.05, 3.63) is 70.8 Å². The summed E-state index contributed by atoms with van der Waals surface area (Å²) in [4.78, 5) is 0. The van der Waals surface area contributed by atoms with Gasteiger partial charge in [-0.1, -0.05) is 38.1 Å². The number of benzene rings is 2. The van der Waals surface area contributed by atoms with E-state index >= 15 is 0 Å². The van der Waals surface area contributed by atoms with Crippen molar-refractivity contribution < 1.29 is 13.9 Å². The number of hydrogen-bond acceptors (Lipinski definition) is 1. The number of rotatable bonds is 3. The molecule has 106 valence electrons. The molecule has 0 radical (unpaired) electrons. The molecule has 0 saturated heterocycles. The molecule has 1 unspecified atom stereocenters. The Kier molecular flexibility index (Phi) is 3.91. The second kappa shape index (κ2) is 5.33. The van der Waals surface area contributed by atoms with Crippen LogP contribution >= 0.6 is 0 Å². The molecule has 0 spiro atoms. The van der Waals surface area contributed by atoms with E-state index in [4.69, 9.17) is 0 Å². The number of aliphatic hydroxyl groups excluding tert-OH is 1. The van der Waals surface area contributed by atoms with Gasteiger partial charge in [-0.3, -0.25) is 0 Å². The number of hydrogen-bond donors (Lipinski definition) is 1. The standard InChI is InChI=1S/C17H18F2O/c1-11-10-12(4-9-15(11)19)16(20)17(2,3)13-5-7-14(18)8-6-13/h4-10,16,20H,1-3H3. The highest BCUT2D eigenvalue weighted by Crippen LogP contribution is 2.37. The van der Waals surface area contributed by atoms with Crippen molar-refractivity contribution in [3.63, 3.8) is 0 Å². The highest BCUT2D eigenvalue weighted by Gasteiger charge is 2.31. The molecule has 0 aliphatic carbocycles. The van der Waals surface area contributed by atoms with E-state index in [1.807, 2.05) is 13.8 Å². The van der Waals surface area contributed by atoms with Crippen LogP contribution in [-0.2, 0) is 5.41 Å². The van der Waals surface area contributed by atoms with E-state index < -0.39 is 11.5 Å². The molecule has 1 atom stereocenters. The van der Waals surface area contributed by atoms with E-state index in [-0.39, 0.29) is 11.6 Å². The monoisotopic (exact) mass is 276 g/mol. The topological polar surface area (TPSA) is 20.2 Å². The minimum Gasteiger partial charge on any atom is -0.388 e. The molecular formula is C17H18F2O. The van der Waals surface area contributed by atoms with E-state index in [9.17, 15) is 13.9 Å². The predicted molar refractivity (Wildman–Crippen MR) is 75.5 cm³/mol. The molecule has 3 heteroatoms. The largest absolute Gasteiger partial charge is 0.388 e. The molecule has 2 aromatic rings. The van der Waals surface area contributed by atoms with Crippen LogP contribution < -0.4 is 0 Å². The summed E-state index contributed by atoms with van der Waals surface area (Å²) in [5.74, 6) is -0.600.